The maximum absolute atomic E-state index is 12.6. The zero-order valence-corrected chi connectivity index (χ0v) is 17.1. The van der Waals surface area contributed by atoms with E-state index in [0.717, 1.165) is 12.8 Å². The Balaban J connectivity index is 0.000000396. The summed E-state index contributed by atoms with van der Waals surface area (Å²) in [5, 5.41) is 7.12. The molecule has 1 spiro atoms. The third-order valence-corrected chi connectivity index (χ3v) is 5.47. The van der Waals surface area contributed by atoms with Gasteiger partial charge in [0.2, 0.25) is 11.8 Å². The number of carbonyl (C=O) groups excluding carboxylic acids is 2. The summed E-state index contributed by atoms with van der Waals surface area (Å²) in [5.41, 5.74) is 0.882. The summed E-state index contributed by atoms with van der Waals surface area (Å²) in [4.78, 5) is 39.3. The molecule has 2 saturated heterocycles. The highest BCUT2D eigenvalue weighted by atomic mass is 19.4. The standard InChI is InChI=1S/C18H25N3O2.C2HF3O2/c1-19(2)13-15(22)21-11-9-18(10-12-21)16(20(3)17(18)23)14-7-5-4-6-8-14;3-2(4,5)1(6)7/h4-8,16H,9-13H2,1-3H3;(H,6,7). The molecule has 0 aliphatic carbocycles. The second-order valence-electron chi connectivity index (χ2n) is 7.81. The average molecular weight is 429 g/mol. The van der Waals surface area contributed by atoms with Crippen molar-refractivity contribution in [2.45, 2.75) is 25.1 Å². The van der Waals surface area contributed by atoms with E-state index in [1.54, 1.807) is 0 Å². The number of hydrogen-bond donors (Lipinski definition) is 1. The molecule has 1 aromatic carbocycles. The Labute approximate surface area is 173 Å². The summed E-state index contributed by atoms with van der Waals surface area (Å²) in [6, 6.07) is 10.4. The number of piperidine rings is 1. The monoisotopic (exact) mass is 429 g/mol. The summed E-state index contributed by atoms with van der Waals surface area (Å²) in [6.45, 7) is 1.79. The van der Waals surface area contributed by atoms with Crippen LogP contribution in [0.2, 0.25) is 0 Å². The Kier molecular flexibility index (Phi) is 7.12. The van der Waals surface area contributed by atoms with Crippen molar-refractivity contribution in [3.05, 3.63) is 35.9 Å². The molecule has 10 heteroatoms. The number of amides is 2. The van der Waals surface area contributed by atoms with Gasteiger partial charge in [0.15, 0.2) is 0 Å². The van der Waals surface area contributed by atoms with Gasteiger partial charge >= 0.3 is 12.1 Å². The lowest BCUT2D eigenvalue weighted by Gasteiger charge is -2.58. The molecular formula is C20H26F3N3O4. The fraction of sp³-hybridized carbons (Fsp3) is 0.550. The van der Waals surface area contributed by atoms with Crippen molar-refractivity contribution in [3.8, 4) is 0 Å². The van der Waals surface area contributed by atoms with Crippen LogP contribution in [0.1, 0.15) is 24.4 Å². The molecule has 0 bridgehead atoms. The predicted molar refractivity (Wildman–Crippen MR) is 102 cm³/mol. The normalized spacial score (nSPS) is 20.5. The Hall–Kier alpha value is -2.62. The first kappa shape index (κ1) is 23.7. The van der Waals surface area contributed by atoms with Gasteiger partial charge in [0, 0.05) is 20.1 Å². The van der Waals surface area contributed by atoms with Crippen molar-refractivity contribution in [3.63, 3.8) is 0 Å². The van der Waals surface area contributed by atoms with Crippen LogP contribution in [0.25, 0.3) is 0 Å². The maximum atomic E-state index is 12.6. The van der Waals surface area contributed by atoms with Gasteiger partial charge in [-0.2, -0.15) is 13.2 Å². The molecule has 166 valence electrons. The van der Waals surface area contributed by atoms with E-state index in [9.17, 15) is 22.8 Å². The highest BCUT2D eigenvalue weighted by Crippen LogP contribution is 2.55. The van der Waals surface area contributed by atoms with Crippen LogP contribution < -0.4 is 0 Å². The number of alkyl halides is 3. The van der Waals surface area contributed by atoms with Crippen LogP contribution in [0, 0.1) is 5.41 Å². The molecule has 1 unspecified atom stereocenters. The molecule has 2 amide bonds. The van der Waals surface area contributed by atoms with Crippen LogP contribution in [0.5, 0.6) is 0 Å². The third-order valence-electron chi connectivity index (χ3n) is 5.47. The number of likely N-dealkylation sites (tertiary alicyclic amines) is 2. The van der Waals surface area contributed by atoms with E-state index >= 15 is 0 Å². The van der Waals surface area contributed by atoms with E-state index in [0.29, 0.717) is 19.6 Å². The number of β-lactam (4-membered cyclic amide) rings is 1. The molecule has 3 rings (SSSR count). The Bertz CT molecular complexity index is 775. The number of carbonyl (C=O) groups is 3. The van der Waals surface area contributed by atoms with Crippen molar-refractivity contribution in [1.82, 2.24) is 14.7 Å². The number of hydrogen-bond acceptors (Lipinski definition) is 4. The minimum Gasteiger partial charge on any atom is -0.475 e. The van der Waals surface area contributed by atoms with E-state index in [1.165, 1.54) is 5.56 Å². The number of halogens is 3. The lowest BCUT2D eigenvalue weighted by Crippen LogP contribution is -2.65. The number of rotatable bonds is 3. The number of nitrogens with zero attached hydrogens (tertiary/aromatic N) is 3. The van der Waals surface area contributed by atoms with E-state index < -0.39 is 12.1 Å². The first-order valence-corrected chi connectivity index (χ1v) is 9.45. The molecule has 1 atom stereocenters. The minimum atomic E-state index is -5.08. The van der Waals surface area contributed by atoms with Gasteiger partial charge < -0.3 is 19.8 Å². The lowest BCUT2D eigenvalue weighted by molar-refractivity contribution is -0.192. The molecule has 0 radical (unpaired) electrons. The highest BCUT2D eigenvalue weighted by molar-refractivity contribution is 5.91. The lowest BCUT2D eigenvalue weighted by atomic mass is 9.62. The molecule has 0 aromatic heterocycles. The topological polar surface area (TPSA) is 81.2 Å². The molecule has 2 heterocycles. The van der Waals surface area contributed by atoms with Gasteiger partial charge in [-0.1, -0.05) is 30.3 Å². The smallest absolute Gasteiger partial charge is 0.475 e. The molecule has 2 aliphatic rings. The van der Waals surface area contributed by atoms with Crippen molar-refractivity contribution >= 4 is 17.8 Å². The van der Waals surface area contributed by atoms with Gasteiger partial charge in [0.05, 0.1) is 18.0 Å². The first-order chi connectivity index (χ1) is 13.9. The summed E-state index contributed by atoms with van der Waals surface area (Å²) in [6.07, 6.45) is -3.57. The fourth-order valence-electron chi connectivity index (χ4n) is 4.08. The van der Waals surface area contributed by atoms with E-state index in [2.05, 4.69) is 12.1 Å². The number of aliphatic carboxylic acids is 1. The van der Waals surface area contributed by atoms with Gasteiger partial charge in [0.25, 0.3) is 0 Å². The van der Waals surface area contributed by atoms with Crippen LogP contribution in [-0.2, 0) is 14.4 Å². The number of carboxylic acids is 1. The van der Waals surface area contributed by atoms with Crippen LogP contribution in [0.3, 0.4) is 0 Å². The second-order valence-corrected chi connectivity index (χ2v) is 7.81. The molecule has 2 aliphatic heterocycles. The van der Waals surface area contributed by atoms with Crippen LogP contribution in [-0.4, -0.2) is 84.5 Å². The van der Waals surface area contributed by atoms with Gasteiger partial charge in [-0.25, -0.2) is 4.79 Å². The number of carboxylic acid groups (broad SMARTS) is 1. The van der Waals surface area contributed by atoms with Crippen molar-refractivity contribution in [2.24, 2.45) is 5.41 Å². The Morgan fingerprint density at radius 3 is 2.10 bits per heavy atom. The van der Waals surface area contributed by atoms with E-state index in [1.807, 2.05) is 54.0 Å². The number of benzene rings is 1. The summed E-state index contributed by atoms with van der Waals surface area (Å²) in [5.74, 6) is -2.38. The minimum absolute atomic E-state index is 0.141. The largest absolute Gasteiger partial charge is 0.490 e. The summed E-state index contributed by atoms with van der Waals surface area (Å²) >= 11 is 0. The zero-order valence-electron chi connectivity index (χ0n) is 17.1. The first-order valence-electron chi connectivity index (χ1n) is 9.45. The Morgan fingerprint density at radius 1 is 1.17 bits per heavy atom. The molecule has 1 aromatic rings. The average Bonchev–Trinajstić information content (AvgIpc) is 2.68. The van der Waals surface area contributed by atoms with Crippen LogP contribution in [0.4, 0.5) is 13.2 Å². The Morgan fingerprint density at radius 2 is 1.67 bits per heavy atom. The van der Waals surface area contributed by atoms with E-state index in [4.69, 9.17) is 9.90 Å². The zero-order chi connectivity index (χ0) is 22.7. The van der Waals surface area contributed by atoms with Gasteiger partial charge in [-0.15, -0.1) is 0 Å². The summed E-state index contributed by atoms with van der Waals surface area (Å²) < 4.78 is 31.7. The molecule has 1 N–H and O–H groups in total. The summed E-state index contributed by atoms with van der Waals surface area (Å²) in [7, 11) is 5.69. The second kappa shape index (κ2) is 9.03. The van der Waals surface area contributed by atoms with Crippen molar-refractivity contribution < 1.29 is 32.7 Å². The van der Waals surface area contributed by atoms with Gasteiger partial charge in [0.1, 0.15) is 0 Å². The van der Waals surface area contributed by atoms with Crippen LogP contribution >= 0.6 is 0 Å². The molecule has 0 saturated carbocycles. The number of likely N-dealkylation sites (N-methyl/N-ethyl adjacent to an activating group) is 1. The highest BCUT2D eigenvalue weighted by Gasteiger charge is 2.60. The molecule has 7 nitrogen and oxygen atoms in total. The molecular weight excluding hydrogens is 403 g/mol. The van der Waals surface area contributed by atoms with Gasteiger partial charge in [-0.3, -0.25) is 9.59 Å². The maximum Gasteiger partial charge on any atom is 0.490 e. The van der Waals surface area contributed by atoms with Crippen molar-refractivity contribution in [1.29, 1.82) is 0 Å². The van der Waals surface area contributed by atoms with Crippen molar-refractivity contribution in [2.75, 3.05) is 40.8 Å². The predicted octanol–water partition coefficient (Wildman–Crippen LogP) is 2.00. The van der Waals surface area contributed by atoms with Crippen LogP contribution in [0.15, 0.2) is 30.3 Å². The SMILES string of the molecule is CN(C)CC(=O)N1CCC2(CC1)C(=O)N(C)C2c1ccccc1.O=C(O)C(F)(F)F. The fourth-order valence-corrected chi connectivity index (χ4v) is 4.08. The van der Waals surface area contributed by atoms with Gasteiger partial charge in [-0.05, 0) is 32.5 Å². The van der Waals surface area contributed by atoms with E-state index in [-0.39, 0.29) is 23.3 Å². The third kappa shape index (κ3) is 4.92. The molecule has 2 fully saturated rings. The molecule has 30 heavy (non-hydrogen) atoms. The quantitative estimate of drug-likeness (QED) is 0.744.